The zero-order chi connectivity index (χ0) is 40.0. The Balaban J connectivity index is 4.46. The third kappa shape index (κ3) is 39.9. The van der Waals surface area contributed by atoms with Gasteiger partial charge in [0.2, 0.25) is 0 Å². The van der Waals surface area contributed by atoms with Crippen LogP contribution >= 0.6 is 7.82 Å². The van der Waals surface area contributed by atoms with E-state index in [1.165, 1.54) is 103 Å². The number of carbonyl (C=O) groups is 2. The lowest BCUT2D eigenvalue weighted by molar-refractivity contribution is -0.870. The summed E-state index contributed by atoms with van der Waals surface area (Å²) in [6.45, 7) is 4.36. The van der Waals surface area contributed by atoms with Crippen molar-refractivity contribution in [2.24, 2.45) is 0 Å². The molecule has 0 saturated heterocycles. The Hall–Kier alpha value is -1.77. The van der Waals surface area contributed by atoms with Gasteiger partial charge in [-0.25, -0.2) is 4.57 Å². The van der Waals surface area contributed by atoms with Gasteiger partial charge in [-0.05, 0) is 44.9 Å². The van der Waals surface area contributed by atoms with E-state index < -0.39 is 26.5 Å². The number of esters is 2. The van der Waals surface area contributed by atoms with Crippen molar-refractivity contribution in [2.45, 2.75) is 187 Å². The van der Waals surface area contributed by atoms with E-state index in [0.29, 0.717) is 17.4 Å². The van der Waals surface area contributed by atoms with Gasteiger partial charge in [0.1, 0.15) is 19.8 Å². The minimum absolute atomic E-state index is 0.0233. The summed E-state index contributed by atoms with van der Waals surface area (Å²) in [6, 6.07) is 0. The molecule has 0 aliphatic carbocycles. The van der Waals surface area contributed by atoms with Crippen LogP contribution in [0, 0.1) is 0 Å². The molecule has 1 N–H and O–H groups in total. The van der Waals surface area contributed by atoms with Crippen molar-refractivity contribution < 1.29 is 42.1 Å². The molecule has 0 radical (unpaired) electrons. The standard InChI is InChI=1S/C44H82NO8P/c1-6-8-10-12-14-16-18-20-21-22-23-25-27-29-31-33-35-37-44(47)53-42(41-52-54(48,49)51-39-38-45(3,4)5)40-50-43(46)36-34-32-30-28-26-24-19-17-15-13-11-9-7-2/h20-21,23,25,29,31,42H,6-19,22,24,26-28,30,32-41H2,1-5H3/p+1/b21-20-,25-23-,31-29-/t42-/m1/s1. The van der Waals surface area contributed by atoms with E-state index in [1.807, 2.05) is 21.1 Å². The number of hydrogen-bond acceptors (Lipinski definition) is 7. The summed E-state index contributed by atoms with van der Waals surface area (Å²) in [5, 5.41) is 0. The van der Waals surface area contributed by atoms with Crippen molar-refractivity contribution in [2.75, 3.05) is 47.5 Å². The van der Waals surface area contributed by atoms with Crippen LogP contribution in [0.1, 0.15) is 181 Å². The van der Waals surface area contributed by atoms with Crippen molar-refractivity contribution >= 4 is 19.8 Å². The predicted octanol–water partition coefficient (Wildman–Crippen LogP) is 12.1. The third-order valence-electron chi connectivity index (χ3n) is 9.17. The minimum atomic E-state index is -4.38. The zero-order valence-electron chi connectivity index (χ0n) is 35.5. The number of carbonyl (C=O) groups excluding carboxylic acids is 2. The lowest BCUT2D eigenvalue weighted by atomic mass is 10.0. The molecule has 0 saturated carbocycles. The third-order valence-corrected chi connectivity index (χ3v) is 10.2. The molecule has 0 aromatic heterocycles. The Morgan fingerprint density at radius 1 is 0.574 bits per heavy atom. The summed E-state index contributed by atoms with van der Waals surface area (Å²) < 4.78 is 34.2. The van der Waals surface area contributed by atoms with E-state index in [4.69, 9.17) is 18.5 Å². The molecule has 0 heterocycles. The van der Waals surface area contributed by atoms with Crippen LogP contribution in [0.5, 0.6) is 0 Å². The van der Waals surface area contributed by atoms with Crippen LogP contribution in [-0.2, 0) is 32.7 Å². The van der Waals surface area contributed by atoms with E-state index >= 15 is 0 Å². The quantitative estimate of drug-likeness (QED) is 0.0216. The first kappa shape index (κ1) is 52.2. The summed E-state index contributed by atoms with van der Waals surface area (Å²) >= 11 is 0. The number of ether oxygens (including phenoxy) is 2. The Bertz CT molecular complexity index is 1020. The van der Waals surface area contributed by atoms with E-state index in [0.717, 1.165) is 44.9 Å². The summed E-state index contributed by atoms with van der Waals surface area (Å²) in [6.07, 6.45) is 40.5. The number of nitrogens with zero attached hydrogens (tertiary/aromatic N) is 1. The van der Waals surface area contributed by atoms with Gasteiger partial charge in [0, 0.05) is 12.8 Å². The summed E-state index contributed by atoms with van der Waals surface area (Å²) in [5.74, 6) is -0.857. The van der Waals surface area contributed by atoms with E-state index in [-0.39, 0.29) is 32.0 Å². The van der Waals surface area contributed by atoms with Gasteiger partial charge in [-0.3, -0.25) is 18.6 Å². The van der Waals surface area contributed by atoms with Crippen molar-refractivity contribution in [3.05, 3.63) is 36.5 Å². The Morgan fingerprint density at radius 2 is 1.02 bits per heavy atom. The van der Waals surface area contributed by atoms with Crippen molar-refractivity contribution in [1.82, 2.24) is 0 Å². The lowest BCUT2D eigenvalue weighted by Crippen LogP contribution is -2.37. The molecule has 316 valence electrons. The molecule has 2 atom stereocenters. The Morgan fingerprint density at radius 3 is 1.54 bits per heavy atom. The topological polar surface area (TPSA) is 108 Å². The van der Waals surface area contributed by atoms with Crippen LogP contribution < -0.4 is 0 Å². The predicted molar refractivity (Wildman–Crippen MR) is 224 cm³/mol. The van der Waals surface area contributed by atoms with Gasteiger partial charge in [0.05, 0.1) is 27.7 Å². The van der Waals surface area contributed by atoms with E-state index in [1.54, 1.807) is 0 Å². The maximum absolute atomic E-state index is 12.6. The van der Waals surface area contributed by atoms with Crippen LogP contribution in [0.25, 0.3) is 0 Å². The van der Waals surface area contributed by atoms with Gasteiger partial charge in [0.25, 0.3) is 0 Å². The zero-order valence-corrected chi connectivity index (χ0v) is 36.3. The molecule has 0 fully saturated rings. The molecule has 0 aromatic carbocycles. The first-order valence-corrected chi connectivity index (χ1v) is 23.2. The molecule has 0 amide bonds. The van der Waals surface area contributed by atoms with Crippen LogP contribution in [-0.4, -0.2) is 74.9 Å². The molecule has 1 unspecified atom stereocenters. The molecular formula is C44H83NO8P+. The fourth-order valence-corrected chi connectivity index (χ4v) is 6.48. The average molecular weight is 785 g/mol. The van der Waals surface area contributed by atoms with Crippen molar-refractivity contribution in [3.8, 4) is 0 Å². The minimum Gasteiger partial charge on any atom is -0.462 e. The summed E-state index contributed by atoms with van der Waals surface area (Å²) in [5.41, 5.74) is 0. The average Bonchev–Trinajstić information content (AvgIpc) is 3.12. The first-order valence-electron chi connectivity index (χ1n) is 21.7. The van der Waals surface area contributed by atoms with Gasteiger partial charge in [-0.1, -0.05) is 159 Å². The van der Waals surface area contributed by atoms with Gasteiger partial charge in [-0.15, -0.1) is 0 Å². The van der Waals surface area contributed by atoms with Crippen LogP contribution in [0.3, 0.4) is 0 Å². The molecule has 9 nitrogen and oxygen atoms in total. The lowest BCUT2D eigenvalue weighted by Gasteiger charge is -2.24. The smallest absolute Gasteiger partial charge is 0.462 e. The second-order valence-electron chi connectivity index (χ2n) is 15.7. The number of likely N-dealkylation sites (N-methyl/N-ethyl adjacent to an activating group) is 1. The fourth-order valence-electron chi connectivity index (χ4n) is 5.74. The second kappa shape index (κ2) is 36.8. The van der Waals surface area contributed by atoms with Gasteiger partial charge >= 0.3 is 19.8 Å². The molecule has 0 aromatic rings. The number of unbranched alkanes of at least 4 members (excludes halogenated alkanes) is 19. The monoisotopic (exact) mass is 785 g/mol. The normalized spacial score (nSPS) is 14.0. The van der Waals surface area contributed by atoms with E-state index in [9.17, 15) is 19.0 Å². The van der Waals surface area contributed by atoms with E-state index in [2.05, 4.69) is 50.3 Å². The van der Waals surface area contributed by atoms with Crippen molar-refractivity contribution in [3.63, 3.8) is 0 Å². The van der Waals surface area contributed by atoms with Gasteiger partial charge < -0.3 is 18.9 Å². The highest BCUT2D eigenvalue weighted by atomic mass is 31.2. The van der Waals surface area contributed by atoms with Crippen LogP contribution in [0.2, 0.25) is 0 Å². The molecule has 10 heteroatoms. The highest BCUT2D eigenvalue weighted by Gasteiger charge is 2.27. The molecule has 0 aliphatic rings. The number of rotatable bonds is 39. The highest BCUT2D eigenvalue weighted by molar-refractivity contribution is 7.47. The molecule has 54 heavy (non-hydrogen) atoms. The largest absolute Gasteiger partial charge is 0.472 e. The van der Waals surface area contributed by atoms with Crippen LogP contribution in [0.4, 0.5) is 0 Å². The molecule has 0 aliphatic heterocycles. The number of hydrogen-bond donors (Lipinski definition) is 1. The van der Waals surface area contributed by atoms with Gasteiger partial charge in [-0.2, -0.15) is 0 Å². The number of quaternary nitrogens is 1. The molecule has 0 spiro atoms. The Labute approximate surface area is 331 Å². The summed E-state index contributed by atoms with van der Waals surface area (Å²) in [7, 11) is 1.45. The highest BCUT2D eigenvalue weighted by Crippen LogP contribution is 2.43. The molecular weight excluding hydrogens is 701 g/mol. The number of allylic oxidation sites excluding steroid dienone is 6. The maximum Gasteiger partial charge on any atom is 0.472 e. The summed E-state index contributed by atoms with van der Waals surface area (Å²) in [4.78, 5) is 35.3. The van der Waals surface area contributed by atoms with Gasteiger partial charge in [0.15, 0.2) is 6.10 Å². The van der Waals surface area contributed by atoms with Crippen molar-refractivity contribution in [1.29, 1.82) is 0 Å². The molecule has 0 rings (SSSR count). The Kier molecular flexibility index (Phi) is 35.6. The second-order valence-corrected chi connectivity index (χ2v) is 17.2. The fraction of sp³-hybridized carbons (Fsp3) is 0.818. The van der Waals surface area contributed by atoms with Crippen LogP contribution in [0.15, 0.2) is 36.5 Å². The SMILES string of the molecule is CCCCCCCC/C=C\C/C=C\C/C=C\CCCC(=O)O[C@H](COC(=O)CCCCCCCCCCCCCCC)COP(=O)(O)OCC[N+](C)(C)C. The number of phosphoric ester groups is 1. The molecule has 0 bridgehead atoms. The first-order chi connectivity index (χ1) is 26.0. The number of phosphoric acid groups is 1. The maximum atomic E-state index is 12.6.